The van der Waals surface area contributed by atoms with E-state index < -0.39 is 0 Å². The molecule has 0 aliphatic rings. The predicted molar refractivity (Wildman–Crippen MR) is 93.6 cm³/mol. The average Bonchev–Trinajstić information content (AvgIpc) is 2.38. The topological polar surface area (TPSA) is 29.3 Å². The molecule has 0 atom stereocenters. The minimum absolute atomic E-state index is 0.351. The van der Waals surface area contributed by atoms with E-state index in [0.29, 0.717) is 10.0 Å². The Morgan fingerprint density at radius 1 is 1.30 bits per heavy atom. The summed E-state index contributed by atoms with van der Waals surface area (Å²) in [6.45, 7) is 0.761. The molecule has 0 radical (unpaired) electrons. The molecule has 5 heteroatoms. The Bertz CT molecular complexity index is 646. The highest BCUT2D eigenvalue weighted by Crippen LogP contribution is 2.25. The monoisotopic (exact) mass is 368 g/mol. The molecule has 0 unspecified atom stereocenters. The van der Waals surface area contributed by atoms with Crippen LogP contribution in [0.2, 0.25) is 5.02 Å². The fourth-order valence-corrected chi connectivity index (χ4v) is 2.82. The lowest BCUT2D eigenvalue weighted by molar-refractivity contribution is 0.921. The van der Waals surface area contributed by atoms with Gasteiger partial charge in [0.2, 0.25) is 0 Å². The Kier molecular flexibility index (Phi) is 5.02. The van der Waals surface area contributed by atoms with Crippen LogP contribution in [-0.2, 0) is 6.54 Å². The van der Waals surface area contributed by atoms with Gasteiger partial charge in [0.1, 0.15) is 4.99 Å². The van der Waals surface area contributed by atoms with Crippen LogP contribution in [0.25, 0.3) is 0 Å². The second-order valence-electron chi connectivity index (χ2n) is 4.51. The van der Waals surface area contributed by atoms with Gasteiger partial charge in [-0.1, -0.05) is 51.9 Å². The number of halogens is 2. The molecule has 2 aromatic carbocycles. The maximum Gasteiger partial charge on any atom is 0.106 e. The summed E-state index contributed by atoms with van der Waals surface area (Å²) < 4.78 is 1.06. The van der Waals surface area contributed by atoms with Crippen molar-refractivity contribution < 1.29 is 0 Å². The molecule has 0 aromatic heterocycles. The lowest BCUT2D eigenvalue weighted by Gasteiger charge is -2.22. The van der Waals surface area contributed by atoms with Crippen molar-refractivity contribution in [1.29, 1.82) is 0 Å². The third-order valence-electron chi connectivity index (χ3n) is 2.94. The van der Waals surface area contributed by atoms with Gasteiger partial charge in [-0.2, -0.15) is 0 Å². The first-order valence-corrected chi connectivity index (χ1v) is 7.60. The molecule has 0 spiro atoms. The molecular formula is C15H14BrClN2S. The maximum absolute atomic E-state index is 6.01. The van der Waals surface area contributed by atoms with Crippen LogP contribution in [0, 0.1) is 0 Å². The van der Waals surface area contributed by atoms with Crippen LogP contribution >= 0.6 is 39.7 Å². The summed E-state index contributed by atoms with van der Waals surface area (Å²) >= 11 is 14.6. The summed E-state index contributed by atoms with van der Waals surface area (Å²) in [4.78, 5) is 2.45. The van der Waals surface area contributed by atoms with Gasteiger partial charge < -0.3 is 10.6 Å². The van der Waals surface area contributed by atoms with Crippen LogP contribution in [0.3, 0.4) is 0 Å². The molecular weight excluding hydrogens is 356 g/mol. The van der Waals surface area contributed by atoms with Crippen molar-refractivity contribution in [1.82, 2.24) is 0 Å². The third-order valence-corrected chi connectivity index (χ3v) is 3.89. The van der Waals surface area contributed by atoms with Crippen LogP contribution in [-0.4, -0.2) is 12.0 Å². The zero-order chi connectivity index (χ0) is 14.7. The number of benzene rings is 2. The fraction of sp³-hybridized carbons (Fsp3) is 0.133. The van der Waals surface area contributed by atoms with Crippen molar-refractivity contribution in [2.75, 3.05) is 11.9 Å². The maximum atomic E-state index is 6.01. The molecule has 0 saturated heterocycles. The smallest absolute Gasteiger partial charge is 0.106 e. The van der Waals surface area contributed by atoms with Crippen molar-refractivity contribution in [3.63, 3.8) is 0 Å². The number of hydrogen-bond acceptors (Lipinski definition) is 2. The lowest BCUT2D eigenvalue weighted by atomic mass is 10.1. The minimum atomic E-state index is 0.351. The molecule has 0 aliphatic heterocycles. The summed E-state index contributed by atoms with van der Waals surface area (Å²) in [7, 11) is 2.01. The number of hydrogen-bond donors (Lipinski definition) is 1. The van der Waals surface area contributed by atoms with E-state index in [1.807, 2.05) is 31.3 Å². The van der Waals surface area contributed by atoms with Gasteiger partial charge >= 0.3 is 0 Å². The minimum Gasteiger partial charge on any atom is -0.389 e. The molecule has 0 aliphatic carbocycles. The zero-order valence-electron chi connectivity index (χ0n) is 10.9. The molecule has 104 valence electrons. The summed E-state index contributed by atoms with van der Waals surface area (Å²) in [6.07, 6.45) is 0. The molecule has 0 heterocycles. The first kappa shape index (κ1) is 15.3. The van der Waals surface area contributed by atoms with E-state index >= 15 is 0 Å². The van der Waals surface area contributed by atoms with Gasteiger partial charge in [-0.25, -0.2) is 0 Å². The molecule has 0 fully saturated rings. The first-order valence-electron chi connectivity index (χ1n) is 6.02. The van der Waals surface area contributed by atoms with Gasteiger partial charge in [0.15, 0.2) is 0 Å². The number of rotatable bonds is 4. The summed E-state index contributed by atoms with van der Waals surface area (Å²) in [5, 5.41) is 0.632. The highest BCUT2D eigenvalue weighted by molar-refractivity contribution is 9.10. The van der Waals surface area contributed by atoms with E-state index in [4.69, 9.17) is 29.6 Å². The quantitative estimate of drug-likeness (QED) is 0.811. The molecule has 0 saturated carbocycles. The van der Waals surface area contributed by atoms with Crippen LogP contribution in [0.15, 0.2) is 46.9 Å². The van der Waals surface area contributed by atoms with E-state index in [1.54, 1.807) is 6.07 Å². The molecule has 2 rings (SSSR count). The summed E-state index contributed by atoms with van der Waals surface area (Å²) in [5.41, 5.74) is 8.75. The second-order valence-corrected chi connectivity index (χ2v) is 6.30. The van der Waals surface area contributed by atoms with Gasteiger partial charge in [0, 0.05) is 34.3 Å². The lowest BCUT2D eigenvalue weighted by Crippen LogP contribution is -2.21. The van der Waals surface area contributed by atoms with E-state index in [2.05, 4.69) is 33.0 Å². The van der Waals surface area contributed by atoms with Gasteiger partial charge in [0.05, 0.1) is 0 Å². The van der Waals surface area contributed by atoms with Crippen LogP contribution < -0.4 is 10.6 Å². The molecule has 0 bridgehead atoms. The van der Waals surface area contributed by atoms with E-state index in [-0.39, 0.29) is 0 Å². The summed E-state index contributed by atoms with van der Waals surface area (Å²) in [6, 6.07) is 13.8. The van der Waals surface area contributed by atoms with Crippen molar-refractivity contribution in [3.8, 4) is 0 Å². The van der Waals surface area contributed by atoms with Crippen LogP contribution in [0.1, 0.15) is 11.1 Å². The van der Waals surface area contributed by atoms with Crippen molar-refractivity contribution in [3.05, 3.63) is 63.1 Å². The van der Waals surface area contributed by atoms with E-state index in [0.717, 1.165) is 22.3 Å². The van der Waals surface area contributed by atoms with Crippen molar-refractivity contribution in [2.24, 2.45) is 5.73 Å². The van der Waals surface area contributed by atoms with Gasteiger partial charge in [-0.3, -0.25) is 0 Å². The number of thiocarbonyl (C=S) groups is 1. The summed E-state index contributed by atoms with van der Waals surface area (Å²) in [5.74, 6) is 0. The van der Waals surface area contributed by atoms with Crippen LogP contribution in [0.5, 0.6) is 0 Å². The number of anilines is 1. The SMILES string of the molecule is CN(Cc1cccc(Br)c1)c1ccc(Cl)cc1C(N)=S. The Morgan fingerprint density at radius 3 is 2.70 bits per heavy atom. The average molecular weight is 370 g/mol. The van der Waals surface area contributed by atoms with Gasteiger partial charge in [-0.05, 0) is 35.9 Å². The number of nitrogens with two attached hydrogens (primary N) is 1. The zero-order valence-corrected chi connectivity index (χ0v) is 14.1. The van der Waals surface area contributed by atoms with Crippen molar-refractivity contribution in [2.45, 2.75) is 6.54 Å². The molecule has 2 nitrogen and oxygen atoms in total. The highest BCUT2D eigenvalue weighted by Gasteiger charge is 2.11. The standard InChI is InChI=1S/C15H14BrClN2S/c1-19(9-10-3-2-4-11(16)7-10)14-6-5-12(17)8-13(14)15(18)20/h2-8H,9H2,1H3,(H2,18,20). The highest BCUT2D eigenvalue weighted by atomic mass is 79.9. The van der Waals surface area contributed by atoms with Crippen LogP contribution in [0.4, 0.5) is 5.69 Å². The molecule has 20 heavy (non-hydrogen) atoms. The molecule has 2 aromatic rings. The van der Waals surface area contributed by atoms with E-state index in [1.165, 1.54) is 5.56 Å². The molecule has 2 N–H and O–H groups in total. The second kappa shape index (κ2) is 6.57. The molecule has 0 amide bonds. The third kappa shape index (κ3) is 3.72. The largest absolute Gasteiger partial charge is 0.389 e. The fourth-order valence-electron chi connectivity index (χ4n) is 2.03. The Balaban J connectivity index is 2.29. The van der Waals surface area contributed by atoms with Gasteiger partial charge in [0.25, 0.3) is 0 Å². The van der Waals surface area contributed by atoms with E-state index in [9.17, 15) is 0 Å². The predicted octanol–water partition coefficient (Wildman–Crippen LogP) is 4.37. The van der Waals surface area contributed by atoms with Gasteiger partial charge in [-0.15, -0.1) is 0 Å². The first-order chi connectivity index (χ1) is 9.47. The normalized spacial score (nSPS) is 10.3. The van der Waals surface area contributed by atoms with Crippen molar-refractivity contribution >= 4 is 50.4 Å². The Hall–Kier alpha value is -1.10. The Morgan fingerprint density at radius 2 is 2.05 bits per heavy atom. The Labute approximate surface area is 137 Å². The number of nitrogens with zero attached hydrogens (tertiary/aromatic N) is 1.